The molecule has 0 nitrogen and oxygen atoms in total. The van der Waals surface area contributed by atoms with E-state index >= 15 is 0 Å². The van der Waals surface area contributed by atoms with Crippen molar-refractivity contribution < 1.29 is 36.5 Å². The van der Waals surface area contributed by atoms with E-state index in [2.05, 4.69) is 162 Å². The standard InChI is InChI=1S/2C26H31Si.C3H4F3.CH3.2ClH.Si.Zr/c2*1-27(2,3)23-9-7-21(8-10-23)24-6-4-5-22-15-20(16-25(22)24)18-26-13-11-19(17-26)12-14-26;1-2-3(4,5)6;;;;;/h2*4-10,15-16,19H,11-14,17-18H2,1-3H3;1-2H2;1H3;2*1H;;/q4*-1;;;;. The van der Waals surface area contributed by atoms with E-state index in [1.165, 1.54) is 155 Å². The first-order chi connectivity index (χ1) is 29.4. The summed E-state index contributed by atoms with van der Waals surface area (Å²) in [5.41, 5.74) is 9.92. The topological polar surface area (TPSA) is 0 Å². The predicted molar refractivity (Wildman–Crippen MR) is 284 cm³/mol. The number of rotatable bonds is 8. The molecular formula is C56H71Cl2F3Si3Zr-4. The van der Waals surface area contributed by atoms with E-state index in [-0.39, 0.29) is 32.2 Å². The van der Waals surface area contributed by atoms with Crippen LogP contribution in [-0.4, -0.2) is 29.2 Å². The molecule has 2 radical (unpaired) electrons. The third-order valence-electron chi connectivity index (χ3n) is 15.0. The molecule has 4 saturated carbocycles. The van der Waals surface area contributed by atoms with E-state index in [0.717, 1.165) is 11.8 Å². The number of hydrogen-bond donors (Lipinski definition) is 0. The van der Waals surface area contributed by atoms with E-state index in [1.54, 1.807) is 11.1 Å². The van der Waals surface area contributed by atoms with Gasteiger partial charge in [0.2, 0.25) is 0 Å². The van der Waals surface area contributed by atoms with Crippen LogP contribution in [0.1, 0.15) is 81.8 Å². The molecule has 4 fully saturated rings. The van der Waals surface area contributed by atoms with Crippen LogP contribution in [0.3, 0.4) is 0 Å². The Morgan fingerprint density at radius 2 is 0.923 bits per heavy atom. The van der Waals surface area contributed by atoms with Crippen LogP contribution in [-0.2, 0) is 36.2 Å². The van der Waals surface area contributed by atoms with Crippen LogP contribution in [0.4, 0.5) is 13.2 Å². The molecule has 4 aliphatic carbocycles. The van der Waals surface area contributed by atoms with Crippen LogP contribution in [0.2, 0.25) is 39.3 Å². The second kappa shape index (κ2) is 22.6. The van der Waals surface area contributed by atoms with Crippen molar-refractivity contribution in [3.05, 3.63) is 135 Å². The summed E-state index contributed by atoms with van der Waals surface area (Å²) >= 11 is 1.36. The molecule has 350 valence electrons. The van der Waals surface area contributed by atoms with Gasteiger partial charge in [-0.1, -0.05) is 128 Å². The summed E-state index contributed by atoms with van der Waals surface area (Å²) in [7, 11) is -2.47. The molecule has 0 unspecified atom stereocenters. The average Bonchev–Trinajstić information content (AvgIpc) is 4.12. The van der Waals surface area contributed by atoms with Gasteiger partial charge < -0.3 is 14.4 Å². The molecular weight excluding hydrogens is 976 g/mol. The van der Waals surface area contributed by atoms with E-state index in [4.69, 9.17) is 0 Å². The third-order valence-corrected chi connectivity index (χ3v) is 19.1. The molecule has 0 amide bonds. The average molecular weight is 1050 g/mol. The second-order valence-electron chi connectivity index (χ2n) is 21.5. The van der Waals surface area contributed by atoms with E-state index < -0.39 is 28.7 Å². The first-order valence-corrected chi connectivity index (χ1v) is 34.3. The van der Waals surface area contributed by atoms with Crippen LogP contribution in [0.15, 0.2) is 109 Å². The Morgan fingerprint density at radius 1 is 0.600 bits per heavy atom. The Labute approximate surface area is 421 Å². The van der Waals surface area contributed by atoms with Crippen molar-refractivity contribution >= 4 is 79.8 Å². The number of alkyl halides is 3. The monoisotopic (exact) mass is 1040 g/mol. The summed E-state index contributed by atoms with van der Waals surface area (Å²) in [5, 5.41) is 8.80. The van der Waals surface area contributed by atoms with Gasteiger partial charge in [-0.25, -0.2) is 0 Å². The van der Waals surface area contributed by atoms with Crippen molar-refractivity contribution in [1.29, 1.82) is 0 Å². The predicted octanol–water partition coefficient (Wildman–Crippen LogP) is 16.5. The van der Waals surface area contributed by atoms with Crippen LogP contribution in [0.25, 0.3) is 43.8 Å². The number of benzene rings is 4. The summed E-state index contributed by atoms with van der Waals surface area (Å²) in [5.74, 6) is 2.07. The van der Waals surface area contributed by atoms with Gasteiger partial charge in [0.1, 0.15) is 0 Å². The van der Waals surface area contributed by atoms with Crippen molar-refractivity contribution in [3.8, 4) is 22.3 Å². The fourth-order valence-corrected chi connectivity index (χ4v) is 13.9. The Balaban J connectivity index is 0.000000236. The normalized spacial score (nSPS) is 21.7. The molecule has 6 aromatic rings. The summed E-state index contributed by atoms with van der Waals surface area (Å²) in [4.78, 5) is 0. The minimum absolute atomic E-state index is 0. The molecule has 0 atom stereocenters. The van der Waals surface area contributed by atoms with Crippen molar-refractivity contribution in [1.82, 2.24) is 0 Å². The molecule has 0 N–H and O–H groups in total. The summed E-state index contributed by atoms with van der Waals surface area (Å²) in [6.07, 6.45) is 12.3. The van der Waals surface area contributed by atoms with Crippen molar-refractivity contribution in [2.75, 3.05) is 0 Å². The van der Waals surface area contributed by atoms with Gasteiger partial charge in [-0.15, -0.1) is 93.9 Å². The third kappa shape index (κ3) is 13.4. The molecule has 0 aliphatic heterocycles. The van der Waals surface area contributed by atoms with Gasteiger partial charge >= 0.3 is 36.4 Å². The van der Waals surface area contributed by atoms with Gasteiger partial charge in [-0.2, -0.15) is 25.3 Å². The quantitative estimate of drug-likeness (QED) is 0.105. The van der Waals surface area contributed by atoms with Crippen molar-refractivity contribution in [2.45, 2.75) is 129 Å². The van der Waals surface area contributed by atoms with Crippen LogP contribution >= 0.6 is 24.8 Å². The molecule has 10 rings (SSSR count). The molecule has 0 spiro atoms. The Kier molecular flexibility index (Phi) is 19.3. The summed E-state index contributed by atoms with van der Waals surface area (Å²) in [6, 6.07) is 42.4. The summed E-state index contributed by atoms with van der Waals surface area (Å²) in [6.45, 7) is 20.2. The summed E-state index contributed by atoms with van der Waals surface area (Å²) < 4.78 is 32.2. The molecule has 0 heterocycles. The molecule has 6 aromatic carbocycles. The molecule has 0 aromatic heterocycles. The fourth-order valence-electron chi connectivity index (χ4n) is 11.6. The minimum atomic E-state index is -4.07. The van der Waals surface area contributed by atoms with Crippen LogP contribution in [0.5, 0.6) is 0 Å². The van der Waals surface area contributed by atoms with Crippen LogP contribution in [0, 0.1) is 37.0 Å². The molecule has 9 heteroatoms. The van der Waals surface area contributed by atoms with Gasteiger partial charge in [0.15, 0.2) is 0 Å². The Hall–Kier alpha value is -2.00. The van der Waals surface area contributed by atoms with Crippen molar-refractivity contribution in [3.63, 3.8) is 0 Å². The van der Waals surface area contributed by atoms with E-state index in [9.17, 15) is 13.2 Å². The van der Waals surface area contributed by atoms with Gasteiger partial charge in [0.05, 0.1) is 16.1 Å². The molecule has 4 bridgehead atoms. The van der Waals surface area contributed by atoms with Gasteiger partial charge in [-0.3, -0.25) is 0 Å². The van der Waals surface area contributed by atoms with E-state index in [1.807, 2.05) is 0 Å². The Bertz CT molecular complexity index is 2260. The van der Waals surface area contributed by atoms with Gasteiger partial charge in [-0.05, 0) is 111 Å². The van der Waals surface area contributed by atoms with Crippen LogP contribution < -0.4 is 10.4 Å². The molecule has 0 saturated heterocycles. The zero-order valence-electron chi connectivity index (χ0n) is 39.9. The van der Waals surface area contributed by atoms with Gasteiger partial charge in [0.25, 0.3) is 0 Å². The number of hydrogen-bond acceptors (Lipinski definition) is 0. The zero-order valence-corrected chi connectivity index (χ0v) is 47.0. The number of halogens is 5. The maximum atomic E-state index is 10.7. The second-order valence-corrected chi connectivity index (χ2v) is 31.7. The van der Waals surface area contributed by atoms with E-state index in [0.29, 0.717) is 10.8 Å². The van der Waals surface area contributed by atoms with Gasteiger partial charge in [0, 0.05) is 0 Å². The first-order valence-electron chi connectivity index (χ1n) is 23.1. The molecule has 4 aliphatic rings. The molecule has 65 heavy (non-hydrogen) atoms. The Morgan fingerprint density at radius 3 is 1.18 bits per heavy atom. The number of fused-ring (bicyclic) bond motifs is 6. The maximum absolute atomic E-state index is 10.7. The fraction of sp³-hybridized carbons (Fsp3) is 0.429. The first kappa shape index (κ1) is 55.6. The van der Waals surface area contributed by atoms with Crippen molar-refractivity contribution in [2.24, 2.45) is 22.7 Å². The SMILES string of the molecule is C[Si](C)(C)c1ccc(-c2cccc3[cH-]c(CC45CCC(CC4)C5)cc23)cc1.C[Si](C)(C)c1ccc(-c2cccc3[cH-]c(CC45CCC(CC4)C5)cc23)cc1.Cl.Cl.[CH2-]CC(F)(F)F.[CH3-].[Si]=[Zr]. The zero-order chi connectivity index (χ0) is 44.5.